The molecule has 0 saturated carbocycles. The molecule has 0 bridgehead atoms. The van der Waals surface area contributed by atoms with Crippen LogP contribution in [0.2, 0.25) is 0 Å². The lowest BCUT2D eigenvalue weighted by molar-refractivity contribution is 0.311. The third kappa shape index (κ3) is 4.06. The number of nitrogens with zero attached hydrogens (tertiary/aromatic N) is 3. The highest BCUT2D eigenvalue weighted by Gasteiger charge is 2.18. The molecule has 0 aliphatic heterocycles. The van der Waals surface area contributed by atoms with Gasteiger partial charge in [-0.2, -0.15) is 0 Å². The number of aryl methyl sites for hydroxylation is 1. The molecule has 0 fully saturated rings. The van der Waals surface area contributed by atoms with Crippen molar-refractivity contribution in [1.29, 1.82) is 0 Å². The SMILES string of the molecule is CCCOc1ccc(F)cc1C(CC)Cc1cn(CC)nn1. The van der Waals surface area contributed by atoms with Crippen molar-refractivity contribution < 1.29 is 9.13 Å². The van der Waals surface area contributed by atoms with Crippen LogP contribution in [0.1, 0.15) is 50.8 Å². The minimum atomic E-state index is -0.227. The van der Waals surface area contributed by atoms with E-state index < -0.39 is 0 Å². The zero-order chi connectivity index (χ0) is 15.9. The standard InChI is InChI=1S/C17H24FN3O/c1-4-9-22-17-8-7-14(18)11-16(17)13(5-2)10-15-12-21(6-3)20-19-15/h7-8,11-13H,4-6,9-10H2,1-3H3. The molecule has 1 aromatic heterocycles. The van der Waals surface area contributed by atoms with E-state index in [1.54, 1.807) is 12.1 Å². The average molecular weight is 305 g/mol. The number of rotatable bonds is 8. The number of hydrogen-bond acceptors (Lipinski definition) is 3. The fourth-order valence-corrected chi connectivity index (χ4v) is 2.50. The van der Waals surface area contributed by atoms with Crippen LogP contribution in [0.4, 0.5) is 4.39 Å². The lowest BCUT2D eigenvalue weighted by Gasteiger charge is -2.18. The Labute approximate surface area is 131 Å². The molecule has 0 spiro atoms. The molecule has 4 nitrogen and oxygen atoms in total. The van der Waals surface area contributed by atoms with E-state index in [4.69, 9.17) is 4.74 Å². The molecule has 2 aromatic rings. The summed E-state index contributed by atoms with van der Waals surface area (Å²) >= 11 is 0. The van der Waals surface area contributed by atoms with Crippen molar-refractivity contribution in [1.82, 2.24) is 15.0 Å². The van der Waals surface area contributed by atoms with Gasteiger partial charge in [-0.15, -0.1) is 5.10 Å². The Morgan fingerprint density at radius 3 is 2.73 bits per heavy atom. The Bertz CT molecular complexity index is 597. The third-order valence-electron chi connectivity index (χ3n) is 3.73. The van der Waals surface area contributed by atoms with E-state index in [0.717, 1.165) is 42.8 Å². The van der Waals surface area contributed by atoms with Gasteiger partial charge < -0.3 is 4.74 Å². The lowest BCUT2D eigenvalue weighted by Crippen LogP contribution is -2.07. The Morgan fingerprint density at radius 1 is 1.27 bits per heavy atom. The van der Waals surface area contributed by atoms with Gasteiger partial charge in [0.15, 0.2) is 0 Å². The quantitative estimate of drug-likeness (QED) is 0.741. The molecule has 0 N–H and O–H groups in total. The number of hydrogen-bond donors (Lipinski definition) is 0. The van der Waals surface area contributed by atoms with Crippen molar-refractivity contribution in [3.8, 4) is 5.75 Å². The molecule has 120 valence electrons. The van der Waals surface area contributed by atoms with Crippen molar-refractivity contribution in [3.63, 3.8) is 0 Å². The second kappa shape index (κ2) is 7.92. The summed E-state index contributed by atoms with van der Waals surface area (Å²) in [6.07, 6.45) is 4.51. The van der Waals surface area contributed by atoms with Gasteiger partial charge in [0.25, 0.3) is 0 Å². The van der Waals surface area contributed by atoms with Gasteiger partial charge in [-0.3, -0.25) is 4.68 Å². The maximum absolute atomic E-state index is 13.7. The summed E-state index contributed by atoms with van der Waals surface area (Å²) in [6.45, 7) is 7.63. The summed E-state index contributed by atoms with van der Waals surface area (Å²) in [5, 5.41) is 8.26. The molecule has 0 aliphatic rings. The second-order valence-electron chi connectivity index (χ2n) is 5.41. The molecule has 1 aromatic carbocycles. The Kier molecular flexibility index (Phi) is 5.92. The van der Waals surface area contributed by atoms with Crippen LogP contribution < -0.4 is 4.74 Å². The van der Waals surface area contributed by atoms with Crippen molar-refractivity contribution >= 4 is 0 Å². The van der Waals surface area contributed by atoms with E-state index in [-0.39, 0.29) is 11.7 Å². The highest BCUT2D eigenvalue weighted by atomic mass is 19.1. The monoisotopic (exact) mass is 305 g/mol. The van der Waals surface area contributed by atoms with Crippen LogP contribution in [0.3, 0.4) is 0 Å². The van der Waals surface area contributed by atoms with E-state index in [2.05, 4.69) is 24.2 Å². The first-order chi connectivity index (χ1) is 10.7. The minimum absolute atomic E-state index is 0.171. The summed E-state index contributed by atoms with van der Waals surface area (Å²) in [5.74, 6) is 0.719. The molecular formula is C17H24FN3O. The second-order valence-corrected chi connectivity index (χ2v) is 5.41. The van der Waals surface area contributed by atoms with Crippen LogP contribution in [0.15, 0.2) is 24.4 Å². The van der Waals surface area contributed by atoms with Crippen LogP contribution in [0, 0.1) is 5.82 Å². The smallest absolute Gasteiger partial charge is 0.123 e. The predicted octanol–water partition coefficient (Wildman–Crippen LogP) is 3.96. The third-order valence-corrected chi connectivity index (χ3v) is 3.73. The fourth-order valence-electron chi connectivity index (χ4n) is 2.50. The Morgan fingerprint density at radius 2 is 2.09 bits per heavy atom. The first kappa shape index (κ1) is 16.5. The first-order valence-corrected chi connectivity index (χ1v) is 7.99. The topological polar surface area (TPSA) is 39.9 Å². The molecule has 0 radical (unpaired) electrons. The number of ether oxygens (including phenoxy) is 1. The van der Waals surface area contributed by atoms with Crippen LogP contribution in [-0.2, 0) is 13.0 Å². The summed E-state index contributed by atoms with van der Waals surface area (Å²) in [6, 6.07) is 4.77. The summed E-state index contributed by atoms with van der Waals surface area (Å²) in [4.78, 5) is 0. The molecule has 1 unspecified atom stereocenters. The maximum atomic E-state index is 13.7. The van der Waals surface area contributed by atoms with E-state index >= 15 is 0 Å². The van der Waals surface area contributed by atoms with Gasteiger partial charge in [0.05, 0.1) is 12.3 Å². The summed E-state index contributed by atoms with van der Waals surface area (Å²) in [7, 11) is 0. The average Bonchev–Trinajstić information content (AvgIpc) is 2.99. The van der Waals surface area contributed by atoms with E-state index in [1.165, 1.54) is 6.07 Å². The van der Waals surface area contributed by atoms with E-state index in [9.17, 15) is 4.39 Å². The van der Waals surface area contributed by atoms with E-state index in [1.807, 2.05) is 17.8 Å². The van der Waals surface area contributed by atoms with Gasteiger partial charge in [-0.25, -0.2) is 4.39 Å². The molecule has 5 heteroatoms. The first-order valence-electron chi connectivity index (χ1n) is 7.99. The van der Waals surface area contributed by atoms with Crippen molar-refractivity contribution in [2.75, 3.05) is 6.61 Å². The van der Waals surface area contributed by atoms with Gasteiger partial charge in [-0.1, -0.05) is 19.1 Å². The largest absolute Gasteiger partial charge is 0.493 e. The highest BCUT2D eigenvalue weighted by Crippen LogP contribution is 2.32. The van der Waals surface area contributed by atoms with Crippen molar-refractivity contribution in [2.45, 2.75) is 52.5 Å². The summed E-state index contributed by atoms with van der Waals surface area (Å²) in [5.41, 5.74) is 1.85. The van der Waals surface area contributed by atoms with Gasteiger partial charge >= 0.3 is 0 Å². The number of halogens is 1. The molecule has 0 saturated heterocycles. The zero-order valence-electron chi connectivity index (χ0n) is 13.6. The highest BCUT2D eigenvalue weighted by molar-refractivity contribution is 5.37. The molecule has 1 heterocycles. The molecular weight excluding hydrogens is 281 g/mol. The molecule has 0 aliphatic carbocycles. The lowest BCUT2D eigenvalue weighted by atomic mass is 9.91. The van der Waals surface area contributed by atoms with Gasteiger partial charge in [0.1, 0.15) is 11.6 Å². The number of aromatic nitrogens is 3. The molecule has 2 rings (SSSR count). The Hall–Kier alpha value is -1.91. The molecule has 0 amide bonds. The van der Waals surface area contributed by atoms with Gasteiger partial charge in [0.2, 0.25) is 0 Å². The summed E-state index contributed by atoms with van der Waals surface area (Å²) < 4.78 is 21.3. The fraction of sp³-hybridized carbons (Fsp3) is 0.529. The molecule has 22 heavy (non-hydrogen) atoms. The predicted molar refractivity (Wildman–Crippen MR) is 84.6 cm³/mol. The molecule has 1 atom stereocenters. The maximum Gasteiger partial charge on any atom is 0.123 e. The normalized spacial score (nSPS) is 12.4. The number of benzene rings is 1. The van der Waals surface area contributed by atoms with Gasteiger partial charge in [-0.05, 0) is 43.9 Å². The van der Waals surface area contributed by atoms with Crippen LogP contribution in [0.25, 0.3) is 0 Å². The minimum Gasteiger partial charge on any atom is -0.493 e. The van der Waals surface area contributed by atoms with Gasteiger partial charge in [0, 0.05) is 24.7 Å². The van der Waals surface area contributed by atoms with Crippen molar-refractivity contribution in [2.24, 2.45) is 0 Å². The van der Waals surface area contributed by atoms with Crippen LogP contribution in [-0.4, -0.2) is 21.6 Å². The van der Waals surface area contributed by atoms with Crippen LogP contribution in [0.5, 0.6) is 5.75 Å². The van der Waals surface area contributed by atoms with E-state index in [0.29, 0.717) is 6.61 Å². The van der Waals surface area contributed by atoms with Crippen molar-refractivity contribution in [3.05, 3.63) is 41.5 Å². The zero-order valence-corrected chi connectivity index (χ0v) is 13.6. The Balaban J connectivity index is 2.23. The van der Waals surface area contributed by atoms with Crippen LogP contribution >= 0.6 is 0 Å².